The molecule has 0 heterocycles. The second kappa shape index (κ2) is 10.6. The Hall–Kier alpha value is -1.30. The molecule has 6 heteroatoms. The van der Waals surface area contributed by atoms with Crippen LogP contribution in [0.3, 0.4) is 0 Å². The zero-order chi connectivity index (χ0) is 14.7. The minimum absolute atomic E-state index is 0.174. The van der Waals surface area contributed by atoms with Gasteiger partial charge in [0.05, 0.1) is 5.92 Å². The van der Waals surface area contributed by atoms with E-state index in [1.807, 2.05) is 0 Å². The van der Waals surface area contributed by atoms with Crippen molar-refractivity contribution in [3.63, 3.8) is 0 Å². The molecule has 1 unspecified atom stereocenters. The van der Waals surface area contributed by atoms with Crippen molar-refractivity contribution in [1.82, 2.24) is 15.5 Å². The zero-order valence-electron chi connectivity index (χ0n) is 12.2. The lowest BCUT2D eigenvalue weighted by molar-refractivity contribution is -0.141. The van der Waals surface area contributed by atoms with Crippen molar-refractivity contribution in [3.8, 4) is 0 Å². The second-order valence-electron chi connectivity index (χ2n) is 4.46. The molecule has 0 bridgehead atoms. The van der Waals surface area contributed by atoms with Gasteiger partial charge in [0.1, 0.15) is 0 Å². The maximum Gasteiger partial charge on any atom is 0.314 e. The van der Waals surface area contributed by atoms with Gasteiger partial charge in [0.2, 0.25) is 0 Å². The molecule has 6 nitrogen and oxygen atoms in total. The first-order valence-electron chi connectivity index (χ1n) is 7.01. The number of hydrogen-bond donors (Lipinski definition) is 3. The highest BCUT2D eigenvalue weighted by Crippen LogP contribution is 1.99. The Morgan fingerprint density at radius 3 is 2.26 bits per heavy atom. The third kappa shape index (κ3) is 8.42. The van der Waals surface area contributed by atoms with Crippen LogP contribution in [0.15, 0.2) is 0 Å². The van der Waals surface area contributed by atoms with Crippen molar-refractivity contribution in [2.75, 3.05) is 32.7 Å². The van der Waals surface area contributed by atoms with E-state index in [1.54, 1.807) is 6.92 Å². The van der Waals surface area contributed by atoms with Crippen molar-refractivity contribution >= 4 is 12.0 Å². The molecule has 0 radical (unpaired) electrons. The van der Waals surface area contributed by atoms with Gasteiger partial charge in [-0.25, -0.2) is 4.79 Å². The number of amides is 2. The summed E-state index contributed by atoms with van der Waals surface area (Å²) >= 11 is 0. The summed E-state index contributed by atoms with van der Waals surface area (Å²) in [6, 6.07) is -0.292. The van der Waals surface area contributed by atoms with Crippen LogP contribution >= 0.6 is 0 Å². The first-order valence-corrected chi connectivity index (χ1v) is 7.01. The number of nitrogens with one attached hydrogen (secondary N) is 2. The highest BCUT2D eigenvalue weighted by atomic mass is 16.4. The van der Waals surface area contributed by atoms with Crippen LogP contribution in [0.2, 0.25) is 0 Å². The Bertz CT molecular complexity index is 268. The molecule has 0 spiro atoms. The molecule has 0 aliphatic rings. The Morgan fingerprint density at radius 1 is 1.16 bits per heavy atom. The second-order valence-corrected chi connectivity index (χ2v) is 4.46. The van der Waals surface area contributed by atoms with Gasteiger partial charge in [-0.15, -0.1) is 0 Å². The molecule has 0 aliphatic heterocycles. The van der Waals surface area contributed by atoms with E-state index in [2.05, 4.69) is 29.4 Å². The van der Waals surface area contributed by atoms with Crippen molar-refractivity contribution in [3.05, 3.63) is 0 Å². The summed E-state index contributed by atoms with van der Waals surface area (Å²) in [6.45, 7) is 9.78. The average Bonchev–Trinajstić information content (AvgIpc) is 2.39. The van der Waals surface area contributed by atoms with E-state index in [0.29, 0.717) is 13.0 Å². The van der Waals surface area contributed by atoms with Gasteiger partial charge in [-0.05, 0) is 32.5 Å². The lowest BCUT2D eigenvalue weighted by Gasteiger charge is -2.18. The molecule has 112 valence electrons. The molecule has 3 N–H and O–H groups in total. The largest absolute Gasteiger partial charge is 0.481 e. The minimum atomic E-state index is -0.871. The van der Waals surface area contributed by atoms with Crippen LogP contribution in [0.5, 0.6) is 0 Å². The number of carbonyl (C=O) groups excluding carboxylic acids is 1. The number of aliphatic carboxylic acids is 1. The fraction of sp³-hybridized carbons (Fsp3) is 0.846. The van der Waals surface area contributed by atoms with E-state index in [-0.39, 0.29) is 12.6 Å². The van der Waals surface area contributed by atoms with Crippen molar-refractivity contribution in [1.29, 1.82) is 0 Å². The highest BCUT2D eigenvalue weighted by Gasteiger charge is 2.15. The Labute approximate surface area is 115 Å². The fourth-order valence-corrected chi connectivity index (χ4v) is 1.73. The number of hydrogen-bond acceptors (Lipinski definition) is 3. The van der Waals surface area contributed by atoms with Crippen LogP contribution in [-0.2, 0) is 4.79 Å². The summed E-state index contributed by atoms with van der Waals surface area (Å²) in [5, 5.41) is 14.2. The minimum Gasteiger partial charge on any atom is -0.481 e. The zero-order valence-corrected chi connectivity index (χ0v) is 12.2. The Kier molecular flexibility index (Phi) is 9.88. The summed E-state index contributed by atoms with van der Waals surface area (Å²) < 4.78 is 0. The summed E-state index contributed by atoms with van der Waals surface area (Å²) in [5.74, 6) is -1.38. The van der Waals surface area contributed by atoms with Crippen molar-refractivity contribution < 1.29 is 14.7 Å². The lowest BCUT2D eigenvalue weighted by atomic mass is 10.1. The van der Waals surface area contributed by atoms with Gasteiger partial charge in [-0.3, -0.25) is 4.79 Å². The highest BCUT2D eigenvalue weighted by molar-refractivity contribution is 5.75. The summed E-state index contributed by atoms with van der Waals surface area (Å²) in [4.78, 5) is 24.5. The van der Waals surface area contributed by atoms with Crippen molar-refractivity contribution in [2.45, 2.75) is 33.6 Å². The molecular formula is C13H27N3O3. The van der Waals surface area contributed by atoms with Crippen LogP contribution in [0.1, 0.15) is 33.6 Å². The van der Waals surface area contributed by atoms with Crippen LogP contribution in [0.25, 0.3) is 0 Å². The molecule has 0 aromatic heterocycles. The molecular weight excluding hydrogens is 246 g/mol. The van der Waals surface area contributed by atoms with E-state index in [9.17, 15) is 9.59 Å². The molecule has 0 saturated carbocycles. The Balaban J connectivity index is 3.67. The topological polar surface area (TPSA) is 81.7 Å². The first kappa shape index (κ1) is 17.7. The molecule has 0 fully saturated rings. The molecule has 0 aromatic rings. The quantitative estimate of drug-likeness (QED) is 0.521. The maximum atomic E-state index is 11.4. The SMILES string of the molecule is CCC(CNC(=O)NCCCN(CC)CC)C(=O)O. The first-order chi connectivity index (χ1) is 9.04. The number of carbonyl (C=O) groups is 2. The van der Waals surface area contributed by atoms with E-state index >= 15 is 0 Å². The fourth-order valence-electron chi connectivity index (χ4n) is 1.73. The average molecular weight is 273 g/mol. The van der Waals surface area contributed by atoms with Crippen molar-refractivity contribution in [2.24, 2.45) is 5.92 Å². The predicted molar refractivity (Wildman–Crippen MR) is 75.2 cm³/mol. The summed E-state index contributed by atoms with van der Waals surface area (Å²) in [5.41, 5.74) is 0. The van der Waals surface area contributed by atoms with E-state index in [1.165, 1.54) is 0 Å². The van der Waals surface area contributed by atoms with E-state index in [4.69, 9.17) is 5.11 Å². The van der Waals surface area contributed by atoms with Crippen LogP contribution in [0.4, 0.5) is 4.79 Å². The standard InChI is InChI=1S/C13H27N3O3/c1-4-11(12(17)18)10-15-13(19)14-8-7-9-16(5-2)6-3/h11H,4-10H2,1-3H3,(H,17,18)(H2,14,15,19). The molecule has 0 saturated heterocycles. The number of nitrogens with zero attached hydrogens (tertiary/aromatic N) is 1. The molecule has 0 rings (SSSR count). The third-order valence-electron chi connectivity index (χ3n) is 3.18. The van der Waals surface area contributed by atoms with Crippen LogP contribution in [-0.4, -0.2) is 54.7 Å². The van der Waals surface area contributed by atoms with Gasteiger partial charge < -0.3 is 20.6 Å². The molecule has 0 aliphatic carbocycles. The Morgan fingerprint density at radius 2 is 1.79 bits per heavy atom. The van der Waals surface area contributed by atoms with Gasteiger partial charge in [-0.1, -0.05) is 20.8 Å². The summed E-state index contributed by atoms with van der Waals surface area (Å²) in [7, 11) is 0. The number of rotatable bonds is 10. The van der Waals surface area contributed by atoms with Crippen LogP contribution in [0, 0.1) is 5.92 Å². The van der Waals surface area contributed by atoms with Crippen LogP contribution < -0.4 is 10.6 Å². The monoisotopic (exact) mass is 273 g/mol. The maximum absolute atomic E-state index is 11.4. The lowest BCUT2D eigenvalue weighted by Crippen LogP contribution is -2.40. The molecule has 19 heavy (non-hydrogen) atoms. The molecule has 1 atom stereocenters. The van der Waals surface area contributed by atoms with Gasteiger partial charge in [0.25, 0.3) is 0 Å². The normalized spacial score (nSPS) is 12.2. The van der Waals surface area contributed by atoms with Gasteiger partial charge in [0, 0.05) is 13.1 Å². The number of carboxylic acids is 1. The van der Waals surface area contributed by atoms with E-state index < -0.39 is 11.9 Å². The summed E-state index contributed by atoms with van der Waals surface area (Å²) in [6.07, 6.45) is 1.41. The van der Waals surface area contributed by atoms with Gasteiger partial charge in [-0.2, -0.15) is 0 Å². The number of urea groups is 1. The smallest absolute Gasteiger partial charge is 0.314 e. The number of carboxylic acid groups (broad SMARTS) is 1. The van der Waals surface area contributed by atoms with E-state index in [0.717, 1.165) is 26.1 Å². The third-order valence-corrected chi connectivity index (χ3v) is 3.18. The predicted octanol–water partition coefficient (Wildman–Crippen LogP) is 1.13. The molecule has 2 amide bonds. The van der Waals surface area contributed by atoms with Gasteiger partial charge >= 0.3 is 12.0 Å². The van der Waals surface area contributed by atoms with Gasteiger partial charge in [0.15, 0.2) is 0 Å². The molecule has 0 aromatic carbocycles.